The summed E-state index contributed by atoms with van der Waals surface area (Å²) in [5.74, 6) is -0.383. The minimum absolute atomic E-state index is 0.0803. The van der Waals surface area contributed by atoms with Gasteiger partial charge in [0.05, 0.1) is 19.6 Å². The van der Waals surface area contributed by atoms with Crippen LogP contribution in [0.3, 0.4) is 0 Å². The van der Waals surface area contributed by atoms with E-state index < -0.39 is 6.36 Å². The van der Waals surface area contributed by atoms with Crippen molar-refractivity contribution in [3.05, 3.63) is 59.9 Å². The van der Waals surface area contributed by atoms with Gasteiger partial charge in [0, 0.05) is 45.1 Å². The molecular formula is C22H26F3N3O3. The van der Waals surface area contributed by atoms with Crippen LogP contribution in [-0.2, 0) is 22.5 Å². The second-order valence-corrected chi connectivity index (χ2v) is 7.35. The monoisotopic (exact) mass is 437 g/mol. The molecule has 0 atom stereocenters. The van der Waals surface area contributed by atoms with Gasteiger partial charge >= 0.3 is 6.36 Å². The third kappa shape index (κ3) is 8.18. The van der Waals surface area contributed by atoms with E-state index in [-0.39, 0.29) is 18.1 Å². The van der Waals surface area contributed by atoms with E-state index in [0.29, 0.717) is 18.7 Å². The molecule has 31 heavy (non-hydrogen) atoms. The maximum Gasteiger partial charge on any atom is 0.573 e. The molecule has 2 heterocycles. The Bertz CT molecular complexity index is 810. The molecule has 0 aliphatic carbocycles. The summed E-state index contributed by atoms with van der Waals surface area (Å²) in [5, 5.41) is 0. The van der Waals surface area contributed by atoms with Crippen LogP contribution in [0.1, 0.15) is 17.5 Å². The van der Waals surface area contributed by atoms with E-state index in [2.05, 4.69) is 14.6 Å². The predicted octanol–water partition coefficient (Wildman–Crippen LogP) is 3.27. The van der Waals surface area contributed by atoms with Crippen LogP contribution >= 0.6 is 0 Å². The fourth-order valence-electron chi connectivity index (χ4n) is 3.41. The highest BCUT2D eigenvalue weighted by Crippen LogP contribution is 2.23. The molecule has 1 aromatic carbocycles. The molecule has 1 saturated heterocycles. The Balaban J connectivity index is 1.59. The predicted molar refractivity (Wildman–Crippen MR) is 108 cm³/mol. The summed E-state index contributed by atoms with van der Waals surface area (Å²) < 4.78 is 46.2. The number of alkyl halides is 3. The number of pyridine rings is 1. The zero-order valence-corrected chi connectivity index (χ0v) is 17.2. The lowest BCUT2D eigenvalue weighted by Gasteiger charge is -2.28. The number of nitrogens with zero attached hydrogens (tertiary/aromatic N) is 3. The second kappa shape index (κ2) is 11.1. The summed E-state index contributed by atoms with van der Waals surface area (Å²) in [6, 6.07) is 9.15. The standard InChI is InChI=1S/C22H26F3N3O3/c23-22(24,25)31-20-4-2-18(3-5-20)16-21(29)28(17-19-6-8-26-9-7-19)11-1-10-27-12-14-30-15-13-27/h2-9H,1,10-17H2. The molecule has 1 aliphatic heterocycles. The van der Waals surface area contributed by atoms with E-state index in [1.807, 2.05) is 12.1 Å². The molecule has 1 fully saturated rings. The Kier molecular flexibility index (Phi) is 8.25. The molecule has 0 unspecified atom stereocenters. The number of morpholine rings is 1. The van der Waals surface area contributed by atoms with E-state index in [1.54, 1.807) is 17.3 Å². The van der Waals surface area contributed by atoms with Gasteiger partial charge in [0.1, 0.15) is 5.75 Å². The van der Waals surface area contributed by atoms with Gasteiger partial charge in [0.15, 0.2) is 0 Å². The van der Waals surface area contributed by atoms with Crippen LogP contribution in [0, 0.1) is 0 Å². The number of aromatic nitrogens is 1. The van der Waals surface area contributed by atoms with Gasteiger partial charge in [-0.3, -0.25) is 14.7 Å². The molecule has 0 radical (unpaired) electrons. The second-order valence-electron chi connectivity index (χ2n) is 7.35. The maximum atomic E-state index is 13.0. The number of halogens is 3. The first-order valence-electron chi connectivity index (χ1n) is 10.2. The van der Waals surface area contributed by atoms with Crippen LogP contribution in [-0.4, -0.2) is 66.4 Å². The Morgan fingerprint density at radius 2 is 1.74 bits per heavy atom. The number of benzene rings is 1. The maximum absolute atomic E-state index is 13.0. The molecule has 0 N–H and O–H groups in total. The molecular weight excluding hydrogens is 411 g/mol. The van der Waals surface area contributed by atoms with Crippen molar-refractivity contribution in [3.8, 4) is 5.75 Å². The molecule has 168 valence electrons. The number of amides is 1. The van der Waals surface area contributed by atoms with E-state index in [4.69, 9.17) is 4.74 Å². The molecule has 0 spiro atoms. The third-order valence-electron chi connectivity index (χ3n) is 4.99. The molecule has 1 aliphatic rings. The summed E-state index contributed by atoms with van der Waals surface area (Å²) in [5.41, 5.74) is 1.61. The fourth-order valence-corrected chi connectivity index (χ4v) is 3.41. The Hall–Kier alpha value is -2.65. The van der Waals surface area contributed by atoms with Crippen LogP contribution in [0.15, 0.2) is 48.8 Å². The van der Waals surface area contributed by atoms with Crippen LogP contribution in [0.25, 0.3) is 0 Å². The summed E-state index contributed by atoms with van der Waals surface area (Å²) in [6.07, 6.45) is -0.431. The minimum atomic E-state index is -4.74. The van der Waals surface area contributed by atoms with Gasteiger partial charge < -0.3 is 14.4 Å². The number of carbonyl (C=O) groups excluding carboxylic acids is 1. The lowest BCUT2D eigenvalue weighted by atomic mass is 10.1. The van der Waals surface area contributed by atoms with Crippen molar-refractivity contribution in [2.75, 3.05) is 39.4 Å². The Labute approximate surface area is 179 Å². The minimum Gasteiger partial charge on any atom is -0.406 e. The molecule has 6 nitrogen and oxygen atoms in total. The van der Waals surface area contributed by atoms with Crippen molar-refractivity contribution < 1.29 is 27.4 Å². The largest absolute Gasteiger partial charge is 0.573 e. The highest BCUT2D eigenvalue weighted by atomic mass is 19.4. The summed E-state index contributed by atoms with van der Waals surface area (Å²) >= 11 is 0. The van der Waals surface area contributed by atoms with Crippen molar-refractivity contribution >= 4 is 5.91 Å². The highest BCUT2D eigenvalue weighted by Gasteiger charge is 2.31. The zero-order valence-electron chi connectivity index (χ0n) is 17.2. The van der Waals surface area contributed by atoms with Crippen molar-refractivity contribution in [2.45, 2.75) is 25.7 Å². The number of carbonyl (C=O) groups is 1. The van der Waals surface area contributed by atoms with Gasteiger partial charge in [-0.05, 0) is 41.8 Å². The van der Waals surface area contributed by atoms with Gasteiger partial charge in [-0.15, -0.1) is 13.2 Å². The summed E-state index contributed by atoms with van der Waals surface area (Å²) in [6.45, 7) is 5.18. The number of ether oxygens (including phenoxy) is 2. The number of hydrogen-bond acceptors (Lipinski definition) is 5. The average molecular weight is 437 g/mol. The molecule has 2 aromatic rings. The normalized spacial score (nSPS) is 14.9. The quantitative estimate of drug-likeness (QED) is 0.603. The van der Waals surface area contributed by atoms with Crippen LogP contribution in [0.5, 0.6) is 5.75 Å². The van der Waals surface area contributed by atoms with Crippen molar-refractivity contribution in [3.63, 3.8) is 0 Å². The van der Waals surface area contributed by atoms with Crippen molar-refractivity contribution in [1.29, 1.82) is 0 Å². The van der Waals surface area contributed by atoms with Crippen molar-refractivity contribution in [1.82, 2.24) is 14.8 Å². The first-order valence-corrected chi connectivity index (χ1v) is 10.2. The topological polar surface area (TPSA) is 54.9 Å². The lowest BCUT2D eigenvalue weighted by Crippen LogP contribution is -2.39. The van der Waals surface area contributed by atoms with E-state index in [9.17, 15) is 18.0 Å². The smallest absolute Gasteiger partial charge is 0.406 e. The highest BCUT2D eigenvalue weighted by molar-refractivity contribution is 5.78. The molecule has 1 amide bonds. The fraction of sp³-hybridized carbons (Fsp3) is 0.455. The van der Waals surface area contributed by atoms with Crippen LogP contribution in [0.2, 0.25) is 0 Å². The zero-order chi connectivity index (χ0) is 22.1. The molecule has 3 rings (SSSR count). The molecule has 0 saturated carbocycles. The molecule has 1 aromatic heterocycles. The first-order chi connectivity index (χ1) is 14.9. The van der Waals surface area contributed by atoms with Crippen molar-refractivity contribution in [2.24, 2.45) is 0 Å². The molecule has 0 bridgehead atoms. The summed E-state index contributed by atoms with van der Waals surface area (Å²) in [4.78, 5) is 21.1. The van der Waals surface area contributed by atoms with Crippen LogP contribution in [0.4, 0.5) is 13.2 Å². The SMILES string of the molecule is O=C(Cc1ccc(OC(F)(F)F)cc1)N(CCCN1CCOCC1)Cc1ccncc1. The van der Waals surface area contributed by atoms with Crippen LogP contribution < -0.4 is 4.74 Å². The lowest BCUT2D eigenvalue weighted by molar-refractivity contribution is -0.274. The van der Waals surface area contributed by atoms with Gasteiger partial charge in [-0.25, -0.2) is 0 Å². The summed E-state index contributed by atoms with van der Waals surface area (Å²) in [7, 11) is 0. The van der Waals surface area contributed by atoms with E-state index in [1.165, 1.54) is 24.3 Å². The van der Waals surface area contributed by atoms with E-state index >= 15 is 0 Å². The van der Waals surface area contributed by atoms with Gasteiger partial charge in [-0.2, -0.15) is 0 Å². The molecule has 9 heteroatoms. The van der Waals surface area contributed by atoms with Gasteiger partial charge in [-0.1, -0.05) is 12.1 Å². The average Bonchev–Trinajstić information content (AvgIpc) is 2.75. The van der Waals surface area contributed by atoms with E-state index in [0.717, 1.165) is 44.8 Å². The third-order valence-corrected chi connectivity index (χ3v) is 4.99. The van der Waals surface area contributed by atoms with Gasteiger partial charge in [0.2, 0.25) is 5.91 Å². The number of hydrogen-bond donors (Lipinski definition) is 0. The van der Waals surface area contributed by atoms with Gasteiger partial charge in [0.25, 0.3) is 0 Å². The first kappa shape index (κ1) is 23.0. The number of rotatable bonds is 9. The Morgan fingerprint density at radius 3 is 2.39 bits per heavy atom. The Morgan fingerprint density at radius 1 is 1.06 bits per heavy atom.